The van der Waals surface area contributed by atoms with E-state index in [1.807, 2.05) is 17.9 Å². The Kier molecular flexibility index (Phi) is 5.51. The van der Waals surface area contributed by atoms with Gasteiger partial charge in [-0.1, -0.05) is 13.0 Å². The standard InChI is InChI=1S/C22H32N6/c1-5-27-10-6-7-18(22(27)19-11-24-26(4)15-19)14-25(3)16-20-12-23-21-9-8-17(2)13-28(20)21/h8-9,11-13,15,18,22H,5-7,10,14,16H2,1-4H3/t18-,22+/m0/s1. The van der Waals surface area contributed by atoms with Gasteiger partial charge in [-0.15, -0.1) is 0 Å². The van der Waals surface area contributed by atoms with Crippen LogP contribution in [0.25, 0.3) is 5.65 Å². The molecule has 0 amide bonds. The van der Waals surface area contributed by atoms with Gasteiger partial charge in [0.1, 0.15) is 5.65 Å². The SMILES string of the molecule is CCN1CCC[C@@H](CN(C)Cc2cnc3ccc(C)cn23)[C@@H]1c1cnn(C)c1. The summed E-state index contributed by atoms with van der Waals surface area (Å²) in [4.78, 5) is 9.65. The zero-order valence-corrected chi connectivity index (χ0v) is 17.5. The van der Waals surface area contributed by atoms with Crippen LogP contribution in [0.4, 0.5) is 0 Å². The van der Waals surface area contributed by atoms with E-state index in [4.69, 9.17) is 0 Å². The molecule has 3 aromatic heterocycles. The largest absolute Gasteiger partial charge is 0.303 e. The molecule has 1 aliphatic heterocycles. The molecular formula is C22H32N6. The Bertz CT molecular complexity index is 926. The molecule has 6 heteroatoms. The van der Waals surface area contributed by atoms with Gasteiger partial charge in [0.25, 0.3) is 0 Å². The third kappa shape index (κ3) is 3.84. The van der Waals surface area contributed by atoms with E-state index in [0.29, 0.717) is 12.0 Å². The van der Waals surface area contributed by atoms with Crippen molar-refractivity contribution in [3.8, 4) is 0 Å². The molecule has 150 valence electrons. The molecule has 1 saturated heterocycles. The number of imidazole rings is 1. The van der Waals surface area contributed by atoms with Crippen molar-refractivity contribution < 1.29 is 0 Å². The summed E-state index contributed by atoms with van der Waals surface area (Å²) in [6.07, 6.45) is 11.0. The molecule has 3 aromatic rings. The van der Waals surface area contributed by atoms with Gasteiger partial charge in [0, 0.05) is 44.1 Å². The van der Waals surface area contributed by atoms with Crippen LogP contribution in [0.3, 0.4) is 0 Å². The van der Waals surface area contributed by atoms with E-state index in [2.05, 4.69) is 75.9 Å². The quantitative estimate of drug-likeness (QED) is 0.658. The number of rotatable bonds is 6. The topological polar surface area (TPSA) is 41.6 Å². The molecule has 0 radical (unpaired) electrons. The molecule has 0 aliphatic carbocycles. The second-order valence-electron chi connectivity index (χ2n) is 8.30. The molecule has 1 fully saturated rings. The van der Waals surface area contributed by atoms with Crippen LogP contribution >= 0.6 is 0 Å². The second kappa shape index (κ2) is 8.05. The third-order valence-corrected chi connectivity index (χ3v) is 6.04. The molecule has 6 nitrogen and oxygen atoms in total. The average Bonchev–Trinajstić information content (AvgIpc) is 3.27. The Balaban J connectivity index is 1.51. The number of fused-ring (bicyclic) bond motifs is 1. The van der Waals surface area contributed by atoms with E-state index >= 15 is 0 Å². The molecular weight excluding hydrogens is 348 g/mol. The van der Waals surface area contributed by atoms with Crippen LogP contribution in [0, 0.1) is 12.8 Å². The summed E-state index contributed by atoms with van der Waals surface area (Å²) in [5.41, 5.74) is 4.89. The predicted octanol–water partition coefficient (Wildman–Crippen LogP) is 3.28. The number of hydrogen-bond donors (Lipinski definition) is 0. The van der Waals surface area contributed by atoms with Gasteiger partial charge in [-0.25, -0.2) is 4.98 Å². The number of aromatic nitrogens is 4. The highest BCUT2D eigenvalue weighted by atomic mass is 15.3. The van der Waals surface area contributed by atoms with Crippen LogP contribution in [-0.4, -0.2) is 55.6 Å². The summed E-state index contributed by atoms with van der Waals surface area (Å²) in [5, 5.41) is 4.44. The first-order valence-corrected chi connectivity index (χ1v) is 10.4. The van der Waals surface area contributed by atoms with E-state index in [1.165, 1.54) is 36.2 Å². The molecule has 2 atom stereocenters. The van der Waals surface area contributed by atoms with Gasteiger partial charge in [0.15, 0.2) is 0 Å². The fraction of sp³-hybridized carbons (Fsp3) is 0.545. The molecule has 0 N–H and O–H groups in total. The summed E-state index contributed by atoms with van der Waals surface area (Å²) in [6.45, 7) is 8.67. The second-order valence-corrected chi connectivity index (χ2v) is 8.30. The van der Waals surface area contributed by atoms with Gasteiger partial charge in [-0.2, -0.15) is 5.10 Å². The van der Waals surface area contributed by atoms with Crippen LogP contribution in [-0.2, 0) is 13.6 Å². The van der Waals surface area contributed by atoms with Crippen molar-refractivity contribution in [3.05, 3.63) is 53.7 Å². The predicted molar refractivity (Wildman–Crippen MR) is 112 cm³/mol. The summed E-state index contributed by atoms with van der Waals surface area (Å²) in [6, 6.07) is 4.67. The minimum atomic E-state index is 0.458. The third-order valence-electron chi connectivity index (χ3n) is 6.04. The number of likely N-dealkylation sites (tertiary alicyclic amines) is 1. The van der Waals surface area contributed by atoms with Gasteiger partial charge in [-0.05, 0) is 57.5 Å². The molecule has 0 aromatic carbocycles. The van der Waals surface area contributed by atoms with Crippen LogP contribution in [0.1, 0.15) is 42.6 Å². The van der Waals surface area contributed by atoms with Crippen molar-refractivity contribution in [2.75, 3.05) is 26.7 Å². The average molecular weight is 381 g/mol. The van der Waals surface area contributed by atoms with Gasteiger partial charge in [-0.3, -0.25) is 9.58 Å². The zero-order valence-electron chi connectivity index (χ0n) is 17.5. The minimum absolute atomic E-state index is 0.458. The number of nitrogens with zero attached hydrogens (tertiary/aromatic N) is 6. The maximum Gasteiger partial charge on any atom is 0.136 e. The Morgan fingerprint density at radius 3 is 2.82 bits per heavy atom. The van der Waals surface area contributed by atoms with Gasteiger partial charge < -0.3 is 9.30 Å². The molecule has 4 heterocycles. The Hall–Kier alpha value is -2.18. The highest BCUT2D eigenvalue weighted by molar-refractivity contribution is 5.41. The zero-order chi connectivity index (χ0) is 19.7. The summed E-state index contributed by atoms with van der Waals surface area (Å²) >= 11 is 0. The molecule has 1 aliphatic rings. The van der Waals surface area contributed by atoms with Crippen molar-refractivity contribution in [2.24, 2.45) is 13.0 Å². The van der Waals surface area contributed by atoms with Crippen LogP contribution in [0.2, 0.25) is 0 Å². The lowest BCUT2D eigenvalue weighted by Crippen LogP contribution is -2.42. The van der Waals surface area contributed by atoms with Crippen molar-refractivity contribution in [3.63, 3.8) is 0 Å². The van der Waals surface area contributed by atoms with E-state index in [9.17, 15) is 0 Å². The van der Waals surface area contributed by atoms with E-state index in [1.54, 1.807) is 0 Å². The minimum Gasteiger partial charge on any atom is -0.303 e. The Morgan fingerprint density at radius 2 is 2.07 bits per heavy atom. The molecule has 0 unspecified atom stereocenters. The van der Waals surface area contributed by atoms with Crippen molar-refractivity contribution >= 4 is 5.65 Å². The molecule has 0 bridgehead atoms. The van der Waals surface area contributed by atoms with Crippen LogP contribution < -0.4 is 0 Å². The number of piperidine rings is 1. The lowest BCUT2D eigenvalue weighted by molar-refractivity contribution is 0.0746. The maximum absolute atomic E-state index is 4.57. The van der Waals surface area contributed by atoms with E-state index < -0.39 is 0 Å². The normalized spacial score (nSPS) is 21.0. The summed E-state index contributed by atoms with van der Waals surface area (Å²) < 4.78 is 4.16. The van der Waals surface area contributed by atoms with Gasteiger partial charge in [0.2, 0.25) is 0 Å². The maximum atomic E-state index is 4.57. The van der Waals surface area contributed by atoms with Crippen LogP contribution in [0.5, 0.6) is 0 Å². The first-order valence-electron chi connectivity index (χ1n) is 10.4. The molecule has 0 spiro atoms. The van der Waals surface area contributed by atoms with Gasteiger partial charge >= 0.3 is 0 Å². The highest BCUT2D eigenvalue weighted by Gasteiger charge is 2.33. The smallest absolute Gasteiger partial charge is 0.136 e. The number of pyridine rings is 1. The molecule has 28 heavy (non-hydrogen) atoms. The van der Waals surface area contributed by atoms with E-state index in [0.717, 1.165) is 25.3 Å². The van der Waals surface area contributed by atoms with Gasteiger partial charge in [0.05, 0.1) is 18.1 Å². The molecule has 0 saturated carbocycles. The van der Waals surface area contributed by atoms with Crippen molar-refractivity contribution in [1.29, 1.82) is 0 Å². The fourth-order valence-electron chi connectivity index (χ4n) is 4.77. The lowest BCUT2D eigenvalue weighted by Gasteiger charge is -2.42. The first-order chi connectivity index (χ1) is 13.5. The Labute approximate surface area is 167 Å². The Morgan fingerprint density at radius 1 is 1.21 bits per heavy atom. The van der Waals surface area contributed by atoms with Crippen molar-refractivity contribution in [1.82, 2.24) is 29.0 Å². The van der Waals surface area contributed by atoms with E-state index in [-0.39, 0.29) is 0 Å². The highest BCUT2D eigenvalue weighted by Crippen LogP contribution is 2.36. The fourth-order valence-corrected chi connectivity index (χ4v) is 4.77. The molecule has 4 rings (SSSR count). The summed E-state index contributed by atoms with van der Waals surface area (Å²) in [5.74, 6) is 0.615. The first kappa shape index (κ1) is 19.2. The number of hydrogen-bond acceptors (Lipinski definition) is 4. The summed E-state index contributed by atoms with van der Waals surface area (Å²) in [7, 11) is 4.25. The number of aryl methyl sites for hydroxylation is 2. The monoisotopic (exact) mass is 380 g/mol. The van der Waals surface area contributed by atoms with Crippen LogP contribution in [0.15, 0.2) is 36.9 Å². The lowest BCUT2D eigenvalue weighted by atomic mass is 9.85. The van der Waals surface area contributed by atoms with Crippen molar-refractivity contribution in [2.45, 2.75) is 39.3 Å².